The highest BCUT2D eigenvalue weighted by atomic mass is 16.2. The SMILES string of the molecule is CNCC(=O)N1CCC[C@@H](NCc2ccccc2)C1. The van der Waals surface area contributed by atoms with Gasteiger partial charge in [-0.2, -0.15) is 0 Å². The topological polar surface area (TPSA) is 44.4 Å². The summed E-state index contributed by atoms with van der Waals surface area (Å²) in [5.41, 5.74) is 1.29. The summed E-state index contributed by atoms with van der Waals surface area (Å²) < 4.78 is 0. The first-order chi connectivity index (χ1) is 9.29. The van der Waals surface area contributed by atoms with Crippen LogP contribution in [0.4, 0.5) is 0 Å². The van der Waals surface area contributed by atoms with E-state index in [4.69, 9.17) is 0 Å². The van der Waals surface area contributed by atoms with Gasteiger partial charge in [-0.3, -0.25) is 4.79 Å². The van der Waals surface area contributed by atoms with Gasteiger partial charge in [-0.25, -0.2) is 0 Å². The van der Waals surface area contributed by atoms with Gasteiger partial charge >= 0.3 is 0 Å². The molecule has 0 radical (unpaired) electrons. The molecule has 1 heterocycles. The Morgan fingerprint density at radius 2 is 2.16 bits per heavy atom. The highest BCUT2D eigenvalue weighted by Gasteiger charge is 2.22. The van der Waals surface area contributed by atoms with Crippen LogP contribution in [0.5, 0.6) is 0 Å². The second kappa shape index (κ2) is 7.26. The number of hydrogen-bond acceptors (Lipinski definition) is 3. The zero-order chi connectivity index (χ0) is 13.5. The number of piperidine rings is 1. The lowest BCUT2D eigenvalue weighted by molar-refractivity contribution is -0.131. The predicted molar refractivity (Wildman–Crippen MR) is 76.8 cm³/mol. The van der Waals surface area contributed by atoms with Crippen molar-refractivity contribution in [3.05, 3.63) is 35.9 Å². The molecule has 19 heavy (non-hydrogen) atoms. The summed E-state index contributed by atoms with van der Waals surface area (Å²) in [5, 5.41) is 6.48. The van der Waals surface area contributed by atoms with E-state index >= 15 is 0 Å². The molecule has 2 rings (SSSR count). The van der Waals surface area contributed by atoms with Gasteiger partial charge in [0.25, 0.3) is 0 Å². The molecule has 0 bridgehead atoms. The van der Waals surface area contributed by atoms with Crippen molar-refractivity contribution >= 4 is 5.91 Å². The Hall–Kier alpha value is -1.39. The first kappa shape index (κ1) is 14.0. The van der Waals surface area contributed by atoms with E-state index in [1.807, 2.05) is 18.0 Å². The maximum Gasteiger partial charge on any atom is 0.236 e. The van der Waals surface area contributed by atoms with Crippen LogP contribution in [-0.2, 0) is 11.3 Å². The van der Waals surface area contributed by atoms with Gasteiger partial charge in [0.15, 0.2) is 0 Å². The molecular weight excluding hydrogens is 238 g/mol. The number of likely N-dealkylation sites (N-methyl/N-ethyl adjacent to an activating group) is 1. The Kier molecular flexibility index (Phi) is 5.36. The van der Waals surface area contributed by atoms with Gasteiger partial charge in [0, 0.05) is 25.7 Å². The number of carbonyl (C=O) groups excluding carboxylic acids is 1. The number of hydrogen-bond donors (Lipinski definition) is 2. The number of benzene rings is 1. The second-order valence-corrected chi connectivity index (χ2v) is 5.08. The minimum atomic E-state index is 0.203. The molecule has 0 spiro atoms. The monoisotopic (exact) mass is 261 g/mol. The molecule has 0 saturated carbocycles. The Bertz CT molecular complexity index is 394. The minimum Gasteiger partial charge on any atom is -0.340 e. The van der Waals surface area contributed by atoms with Crippen LogP contribution in [0, 0.1) is 0 Å². The summed E-state index contributed by atoms with van der Waals surface area (Å²) in [7, 11) is 1.81. The van der Waals surface area contributed by atoms with E-state index in [0.717, 1.165) is 32.5 Å². The number of likely N-dealkylation sites (tertiary alicyclic amines) is 1. The molecule has 0 aromatic heterocycles. The van der Waals surface area contributed by atoms with Crippen molar-refractivity contribution in [1.82, 2.24) is 15.5 Å². The van der Waals surface area contributed by atoms with Crippen LogP contribution in [0.25, 0.3) is 0 Å². The average molecular weight is 261 g/mol. The van der Waals surface area contributed by atoms with Gasteiger partial charge in [0.05, 0.1) is 6.54 Å². The molecule has 0 unspecified atom stereocenters. The smallest absolute Gasteiger partial charge is 0.236 e. The van der Waals surface area contributed by atoms with E-state index in [1.165, 1.54) is 5.56 Å². The standard InChI is InChI=1S/C15H23N3O/c1-16-11-15(19)18-9-5-8-14(12-18)17-10-13-6-3-2-4-7-13/h2-4,6-7,14,16-17H,5,8-12H2,1H3/t14-/m1/s1. The Balaban J connectivity index is 1.79. The maximum absolute atomic E-state index is 11.9. The first-order valence-electron chi connectivity index (χ1n) is 6.99. The van der Waals surface area contributed by atoms with Crippen LogP contribution >= 0.6 is 0 Å². The van der Waals surface area contributed by atoms with Crippen molar-refractivity contribution in [2.24, 2.45) is 0 Å². The largest absolute Gasteiger partial charge is 0.340 e. The summed E-state index contributed by atoms with van der Waals surface area (Å²) in [5.74, 6) is 0.203. The van der Waals surface area contributed by atoms with E-state index in [9.17, 15) is 4.79 Å². The molecule has 1 aliphatic rings. The van der Waals surface area contributed by atoms with Crippen molar-refractivity contribution in [2.75, 3.05) is 26.7 Å². The Morgan fingerprint density at radius 1 is 1.37 bits per heavy atom. The maximum atomic E-state index is 11.9. The van der Waals surface area contributed by atoms with Crippen molar-refractivity contribution in [2.45, 2.75) is 25.4 Å². The molecule has 1 atom stereocenters. The van der Waals surface area contributed by atoms with Crippen molar-refractivity contribution in [3.8, 4) is 0 Å². The van der Waals surface area contributed by atoms with E-state index in [-0.39, 0.29) is 5.91 Å². The van der Waals surface area contributed by atoms with E-state index < -0.39 is 0 Å². The molecule has 4 nitrogen and oxygen atoms in total. The van der Waals surface area contributed by atoms with Crippen LogP contribution in [-0.4, -0.2) is 43.5 Å². The third-order valence-electron chi connectivity index (χ3n) is 3.54. The molecule has 1 fully saturated rings. The zero-order valence-corrected chi connectivity index (χ0v) is 11.6. The Labute approximate surface area is 115 Å². The molecule has 1 amide bonds. The zero-order valence-electron chi connectivity index (χ0n) is 11.6. The number of rotatable bonds is 5. The predicted octanol–water partition coefficient (Wildman–Crippen LogP) is 0.987. The molecule has 1 aliphatic heterocycles. The van der Waals surface area contributed by atoms with E-state index in [2.05, 4.69) is 34.9 Å². The van der Waals surface area contributed by atoms with Crippen LogP contribution in [0.3, 0.4) is 0 Å². The second-order valence-electron chi connectivity index (χ2n) is 5.08. The van der Waals surface area contributed by atoms with Crippen molar-refractivity contribution < 1.29 is 4.79 Å². The normalized spacial score (nSPS) is 19.4. The summed E-state index contributed by atoms with van der Waals surface area (Å²) in [6.07, 6.45) is 2.23. The third kappa shape index (κ3) is 4.33. The summed E-state index contributed by atoms with van der Waals surface area (Å²) in [4.78, 5) is 13.8. The lowest BCUT2D eigenvalue weighted by atomic mass is 10.1. The molecule has 2 N–H and O–H groups in total. The van der Waals surface area contributed by atoms with Crippen LogP contribution < -0.4 is 10.6 Å². The first-order valence-corrected chi connectivity index (χ1v) is 6.99. The molecule has 1 aromatic rings. The molecule has 104 valence electrons. The van der Waals surface area contributed by atoms with Crippen molar-refractivity contribution in [1.29, 1.82) is 0 Å². The van der Waals surface area contributed by atoms with E-state index in [0.29, 0.717) is 12.6 Å². The fraction of sp³-hybridized carbons (Fsp3) is 0.533. The van der Waals surface area contributed by atoms with Gasteiger partial charge in [0.2, 0.25) is 5.91 Å². The van der Waals surface area contributed by atoms with Gasteiger partial charge in [-0.15, -0.1) is 0 Å². The van der Waals surface area contributed by atoms with Crippen LogP contribution in [0.15, 0.2) is 30.3 Å². The average Bonchev–Trinajstić information content (AvgIpc) is 2.47. The third-order valence-corrected chi connectivity index (χ3v) is 3.54. The van der Waals surface area contributed by atoms with Crippen molar-refractivity contribution in [3.63, 3.8) is 0 Å². The fourth-order valence-electron chi connectivity index (χ4n) is 2.49. The lowest BCUT2D eigenvalue weighted by Crippen LogP contribution is -2.49. The van der Waals surface area contributed by atoms with Crippen LogP contribution in [0.2, 0.25) is 0 Å². The number of nitrogens with zero attached hydrogens (tertiary/aromatic N) is 1. The molecule has 1 aromatic carbocycles. The molecule has 1 saturated heterocycles. The lowest BCUT2D eigenvalue weighted by Gasteiger charge is -2.33. The van der Waals surface area contributed by atoms with Gasteiger partial charge in [-0.1, -0.05) is 30.3 Å². The molecule has 4 heteroatoms. The Morgan fingerprint density at radius 3 is 2.89 bits per heavy atom. The molecule has 0 aliphatic carbocycles. The summed E-state index contributed by atoms with van der Waals surface area (Å²) in [6, 6.07) is 10.8. The highest BCUT2D eigenvalue weighted by Crippen LogP contribution is 2.11. The number of carbonyl (C=O) groups is 1. The highest BCUT2D eigenvalue weighted by molar-refractivity contribution is 5.78. The minimum absolute atomic E-state index is 0.203. The van der Waals surface area contributed by atoms with E-state index in [1.54, 1.807) is 0 Å². The fourth-order valence-corrected chi connectivity index (χ4v) is 2.49. The van der Waals surface area contributed by atoms with Crippen LogP contribution in [0.1, 0.15) is 18.4 Å². The summed E-state index contributed by atoms with van der Waals surface area (Å²) >= 11 is 0. The molecular formula is C15H23N3O. The number of amides is 1. The summed E-state index contributed by atoms with van der Waals surface area (Å²) in [6.45, 7) is 3.03. The van der Waals surface area contributed by atoms with Gasteiger partial charge in [-0.05, 0) is 25.5 Å². The quantitative estimate of drug-likeness (QED) is 0.830. The van der Waals surface area contributed by atoms with Gasteiger partial charge < -0.3 is 15.5 Å². The number of nitrogens with one attached hydrogen (secondary N) is 2. The van der Waals surface area contributed by atoms with Gasteiger partial charge in [0.1, 0.15) is 0 Å².